The molecule has 0 aliphatic carbocycles. The summed E-state index contributed by atoms with van der Waals surface area (Å²) in [5.74, 6) is 0.0434. The van der Waals surface area contributed by atoms with Crippen LogP contribution in [0.3, 0.4) is 0 Å². The van der Waals surface area contributed by atoms with Crippen LogP contribution in [0.2, 0.25) is 0 Å². The minimum absolute atomic E-state index is 0.191. The second kappa shape index (κ2) is 7.06. The molecule has 2 rings (SSSR count). The molecule has 0 saturated carbocycles. The fraction of sp³-hybridized carbons (Fsp3) is 0.375. The Morgan fingerprint density at radius 3 is 2.65 bits per heavy atom. The molecule has 1 amide bonds. The number of carbonyl (C=O) groups excluding carboxylic acids is 1. The third kappa shape index (κ3) is 4.74. The molecule has 23 heavy (non-hydrogen) atoms. The molecule has 3 N–H and O–H groups in total. The lowest BCUT2D eigenvalue weighted by Crippen LogP contribution is -2.48. The van der Waals surface area contributed by atoms with E-state index in [4.69, 9.17) is 10.5 Å². The molecule has 0 saturated heterocycles. The number of nitrogens with two attached hydrogens (primary N) is 1. The van der Waals surface area contributed by atoms with Crippen LogP contribution in [-0.2, 0) is 6.61 Å². The Bertz CT molecular complexity index is 683. The summed E-state index contributed by atoms with van der Waals surface area (Å²) < 4.78 is 18.4. The lowest BCUT2D eigenvalue weighted by molar-refractivity contribution is 0.0919. The Hall–Kier alpha value is -1.99. The number of aromatic nitrogens is 1. The average molecular weight is 337 g/mol. The van der Waals surface area contributed by atoms with Gasteiger partial charge in [0, 0.05) is 12.1 Å². The standard InChI is InChI=1S/C16H20FN3O2S/c1-10-14(15(21)20-16(2,3)9-18)23-13(19-10)8-22-12-6-4-11(17)5-7-12/h4-7H,8-9,18H2,1-3H3,(H,20,21). The van der Waals surface area contributed by atoms with Crippen LogP contribution in [0.4, 0.5) is 4.39 Å². The van der Waals surface area contributed by atoms with E-state index in [0.29, 0.717) is 27.9 Å². The molecule has 1 aromatic heterocycles. The molecule has 0 atom stereocenters. The normalized spacial score (nSPS) is 11.3. The molecular formula is C16H20FN3O2S. The van der Waals surface area contributed by atoms with Crippen LogP contribution in [0.1, 0.15) is 34.2 Å². The molecule has 0 fully saturated rings. The number of halogens is 1. The second-order valence-corrected chi connectivity index (χ2v) is 6.89. The number of benzene rings is 1. The first-order valence-corrected chi connectivity index (χ1v) is 7.99. The summed E-state index contributed by atoms with van der Waals surface area (Å²) in [4.78, 5) is 17.2. The number of nitrogens with zero attached hydrogens (tertiary/aromatic N) is 1. The summed E-state index contributed by atoms with van der Waals surface area (Å²) in [6, 6.07) is 5.76. The van der Waals surface area contributed by atoms with E-state index in [1.807, 2.05) is 13.8 Å². The molecule has 0 unspecified atom stereocenters. The largest absolute Gasteiger partial charge is 0.486 e. The Kier molecular flexibility index (Phi) is 5.33. The predicted molar refractivity (Wildman–Crippen MR) is 88.2 cm³/mol. The van der Waals surface area contributed by atoms with Crippen molar-refractivity contribution in [3.63, 3.8) is 0 Å². The Labute approximate surface area is 138 Å². The van der Waals surface area contributed by atoms with E-state index in [2.05, 4.69) is 10.3 Å². The molecular weight excluding hydrogens is 317 g/mol. The Balaban J connectivity index is 2.03. The SMILES string of the molecule is Cc1nc(COc2ccc(F)cc2)sc1C(=O)NC(C)(C)CN. The quantitative estimate of drug-likeness (QED) is 0.849. The van der Waals surface area contributed by atoms with Crippen molar-refractivity contribution in [2.45, 2.75) is 32.9 Å². The van der Waals surface area contributed by atoms with E-state index in [9.17, 15) is 9.18 Å². The van der Waals surface area contributed by atoms with E-state index in [1.54, 1.807) is 19.1 Å². The highest BCUT2D eigenvalue weighted by Crippen LogP contribution is 2.21. The second-order valence-electron chi connectivity index (χ2n) is 5.81. The average Bonchev–Trinajstić information content (AvgIpc) is 2.87. The highest BCUT2D eigenvalue weighted by Gasteiger charge is 2.22. The van der Waals surface area contributed by atoms with Gasteiger partial charge in [-0.05, 0) is 45.0 Å². The number of aryl methyl sites for hydroxylation is 1. The maximum absolute atomic E-state index is 12.8. The van der Waals surface area contributed by atoms with Crippen molar-refractivity contribution in [2.75, 3.05) is 6.54 Å². The summed E-state index contributed by atoms with van der Waals surface area (Å²) in [5, 5.41) is 3.56. The maximum Gasteiger partial charge on any atom is 0.263 e. The maximum atomic E-state index is 12.8. The molecule has 2 aromatic rings. The van der Waals surface area contributed by atoms with Crippen LogP contribution in [-0.4, -0.2) is 23.0 Å². The van der Waals surface area contributed by atoms with Crippen molar-refractivity contribution in [3.8, 4) is 5.75 Å². The fourth-order valence-corrected chi connectivity index (χ4v) is 2.69. The summed E-state index contributed by atoms with van der Waals surface area (Å²) in [6.45, 7) is 6.07. The molecule has 0 aliphatic rings. The van der Waals surface area contributed by atoms with E-state index in [1.165, 1.54) is 23.5 Å². The first-order chi connectivity index (χ1) is 10.8. The molecule has 124 valence electrons. The van der Waals surface area contributed by atoms with E-state index < -0.39 is 5.54 Å². The highest BCUT2D eigenvalue weighted by molar-refractivity contribution is 7.13. The predicted octanol–water partition coefficient (Wildman–Crippen LogP) is 2.64. The van der Waals surface area contributed by atoms with Gasteiger partial charge in [-0.2, -0.15) is 0 Å². The monoisotopic (exact) mass is 337 g/mol. The molecule has 0 radical (unpaired) electrons. The van der Waals surface area contributed by atoms with Crippen molar-refractivity contribution in [2.24, 2.45) is 5.73 Å². The van der Waals surface area contributed by atoms with Gasteiger partial charge in [-0.25, -0.2) is 9.37 Å². The van der Waals surface area contributed by atoms with E-state index in [-0.39, 0.29) is 18.3 Å². The van der Waals surface area contributed by atoms with Crippen LogP contribution in [0.15, 0.2) is 24.3 Å². The highest BCUT2D eigenvalue weighted by atomic mass is 32.1. The first-order valence-electron chi connectivity index (χ1n) is 7.18. The molecule has 1 aromatic carbocycles. The van der Waals surface area contributed by atoms with Gasteiger partial charge in [0.1, 0.15) is 28.1 Å². The molecule has 0 aliphatic heterocycles. The Morgan fingerprint density at radius 2 is 2.04 bits per heavy atom. The van der Waals surface area contributed by atoms with Gasteiger partial charge in [0.2, 0.25) is 0 Å². The molecule has 5 nitrogen and oxygen atoms in total. The van der Waals surface area contributed by atoms with Crippen molar-refractivity contribution >= 4 is 17.2 Å². The zero-order valence-corrected chi connectivity index (χ0v) is 14.2. The minimum Gasteiger partial charge on any atom is -0.486 e. The van der Waals surface area contributed by atoms with Crippen LogP contribution in [0.25, 0.3) is 0 Å². The van der Waals surface area contributed by atoms with Crippen molar-refractivity contribution in [1.82, 2.24) is 10.3 Å². The number of rotatable bonds is 6. The summed E-state index contributed by atoms with van der Waals surface area (Å²) in [5.41, 5.74) is 5.80. The zero-order valence-electron chi connectivity index (χ0n) is 13.4. The summed E-state index contributed by atoms with van der Waals surface area (Å²) in [6.07, 6.45) is 0. The first kappa shape index (κ1) is 17.4. The lowest BCUT2D eigenvalue weighted by Gasteiger charge is -2.23. The zero-order chi connectivity index (χ0) is 17.0. The third-order valence-corrected chi connectivity index (χ3v) is 4.31. The van der Waals surface area contributed by atoms with E-state index >= 15 is 0 Å². The number of amides is 1. The van der Waals surface area contributed by atoms with Crippen LogP contribution < -0.4 is 15.8 Å². The van der Waals surface area contributed by atoms with Crippen molar-refractivity contribution in [3.05, 3.63) is 45.7 Å². The van der Waals surface area contributed by atoms with Gasteiger partial charge in [0.05, 0.1) is 5.69 Å². The van der Waals surface area contributed by atoms with Gasteiger partial charge in [-0.1, -0.05) is 0 Å². The van der Waals surface area contributed by atoms with Gasteiger partial charge in [-0.3, -0.25) is 4.79 Å². The summed E-state index contributed by atoms with van der Waals surface area (Å²) in [7, 11) is 0. The summed E-state index contributed by atoms with van der Waals surface area (Å²) >= 11 is 1.28. The van der Waals surface area contributed by atoms with Gasteiger partial charge in [0.25, 0.3) is 5.91 Å². The van der Waals surface area contributed by atoms with Crippen LogP contribution in [0, 0.1) is 12.7 Å². The number of hydrogen-bond donors (Lipinski definition) is 2. The molecule has 0 bridgehead atoms. The number of ether oxygens (including phenoxy) is 1. The topological polar surface area (TPSA) is 77.2 Å². The van der Waals surface area contributed by atoms with Crippen molar-refractivity contribution in [1.29, 1.82) is 0 Å². The van der Waals surface area contributed by atoms with Gasteiger partial charge >= 0.3 is 0 Å². The van der Waals surface area contributed by atoms with Gasteiger partial charge in [-0.15, -0.1) is 11.3 Å². The molecule has 0 spiro atoms. The van der Waals surface area contributed by atoms with E-state index in [0.717, 1.165) is 0 Å². The van der Waals surface area contributed by atoms with Crippen molar-refractivity contribution < 1.29 is 13.9 Å². The smallest absolute Gasteiger partial charge is 0.263 e. The number of thiazole rings is 1. The number of hydrogen-bond acceptors (Lipinski definition) is 5. The molecule has 7 heteroatoms. The van der Waals surface area contributed by atoms with Crippen LogP contribution in [0.5, 0.6) is 5.75 Å². The van der Waals surface area contributed by atoms with Gasteiger partial charge < -0.3 is 15.8 Å². The number of carbonyl (C=O) groups is 1. The fourth-order valence-electron chi connectivity index (χ4n) is 1.82. The van der Waals surface area contributed by atoms with Crippen LogP contribution >= 0.6 is 11.3 Å². The third-order valence-electron chi connectivity index (χ3n) is 3.19. The minimum atomic E-state index is -0.474. The Morgan fingerprint density at radius 1 is 1.39 bits per heavy atom. The lowest BCUT2D eigenvalue weighted by atomic mass is 10.1. The number of nitrogens with one attached hydrogen (secondary N) is 1. The molecule has 1 heterocycles. The van der Waals surface area contributed by atoms with Gasteiger partial charge in [0.15, 0.2) is 0 Å².